The van der Waals surface area contributed by atoms with Crippen LogP contribution < -0.4 is 14.4 Å². The first kappa shape index (κ1) is 26.3. The van der Waals surface area contributed by atoms with Crippen LogP contribution in [-0.4, -0.2) is 32.9 Å². The topological polar surface area (TPSA) is 119 Å². The predicted octanol–water partition coefficient (Wildman–Crippen LogP) is 4.73. The van der Waals surface area contributed by atoms with Crippen molar-refractivity contribution >= 4 is 50.5 Å². The number of aryl methyl sites for hydroxylation is 1. The summed E-state index contributed by atoms with van der Waals surface area (Å²) in [4.78, 5) is 23.2. The summed E-state index contributed by atoms with van der Waals surface area (Å²) < 4.78 is 33.1. The van der Waals surface area contributed by atoms with Crippen molar-refractivity contribution in [3.8, 4) is 5.75 Å². The number of anilines is 1. The van der Waals surface area contributed by atoms with Crippen molar-refractivity contribution in [3.05, 3.63) is 92.0 Å². The number of nitrogens with zero attached hydrogens (tertiary/aromatic N) is 2. The van der Waals surface area contributed by atoms with Gasteiger partial charge in [-0.1, -0.05) is 35.3 Å². The molecule has 3 aromatic carbocycles. The molecule has 0 spiro atoms. The molecule has 3 aromatic rings. The SMILES string of the molecule is COc1ccc(N(CC(=O)NCc2ccc(Cl)cc2Cl)S(=O)(=O)c2ccc(C)c([N+](=O)[O-])c2)cc1. The van der Waals surface area contributed by atoms with Crippen LogP contribution in [0.25, 0.3) is 0 Å². The fraction of sp³-hybridized carbons (Fsp3) is 0.174. The third-order valence-electron chi connectivity index (χ3n) is 5.10. The number of halogens is 2. The van der Waals surface area contributed by atoms with E-state index in [-0.39, 0.29) is 22.8 Å². The highest BCUT2D eigenvalue weighted by molar-refractivity contribution is 7.92. The molecule has 0 saturated carbocycles. The Bertz CT molecular complexity index is 1360. The van der Waals surface area contributed by atoms with Gasteiger partial charge in [0, 0.05) is 28.2 Å². The molecule has 0 unspecified atom stereocenters. The van der Waals surface area contributed by atoms with Crippen LogP contribution in [-0.2, 0) is 21.4 Å². The Labute approximate surface area is 212 Å². The highest BCUT2D eigenvalue weighted by Gasteiger charge is 2.29. The quantitative estimate of drug-likeness (QED) is 0.311. The molecule has 0 heterocycles. The van der Waals surface area contributed by atoms with Crippen LogP contribution >= 0.6 is 23.2 Å². The number of nitro groups is 1. The van der Waals surface area contributed by atoms with E-state index >= 15 is 0 Å². The van der Waals surface area contributed by atoms with Gasteiger partial charge in [-0.25, -0.2) is 8.42 Å². The number of hydrogen-bond donors (Lipinski definition) is 1. The lowest BCUT2D eigenvalue weighted by Crippen LogP contribution is -2.40. The number of carbonyl (C=O) groups is 1. The molecule has 0 bridgehead atoms. The summed E-state index contributed by atoms with van der Waals surface area (Å²) in [6.07, 6.45) is 0. The molecule has 0 atom stereocenters. The summed E-state index contributed by atoms with van der Waals surface area (Å²) in [6, 6.07) is 14.4. The van der Waals surface area contributed by atoms with Gasteiger partial charge in [-0.05, 0) is 55.0 Å². The molecule has 12 heteroatoms. The van der Waals surface area contributed by atoms with Crippen molar-refractivity contribution in [1.82, 2.24) is 5.32 Å². The number of hydrogen-bond acceptors (Lipinski definition) is 6. The number of nitrogens with one attached hydrogen (secondary N) is 1. The average molecular weight is 538 g/mol. The van der Waals surface area contributed by atoms with Gasteiger partial charge in [-0.3, -0.25) is 19.2 Å². The molecule has 1 N–H and O–H groups in total. The van der Waals surface area contributed by atoms with Gasteiger partial charge in [-0.2, -0.15) is 0 Å². The number of methoxy groups -OCH3 is 1. The van der Waals surface area contributed by atoms with E-state index in [4.69, 9.17) is 27.9 Å². The second-order valence-corrected chi connectivity index (χ2v) is 10.1. The molecular weight excluding hydrogens is 517 g/mol. The summed E-state index contributed by atoms with van der Waals surface area (Å²) in [6.45, 7) is 0.966. The summed E-state index contributed by atoms with van der Waals surface area (Å²) in [5, 5.41) is 14.8. The van der Waals surface area contributed by atoms with Crippen molar-refractivity contribution in [2.24, 2.45) is 0 Å². The highest BCUT2D eigenvalue weighted by atomic mass is 35.5. The second kappa shape index (κ2) is 10.9. The average Bonchev–Trinajstić information content (AvgIpc) is 2.82. The molecule has 1 amide bonds. The molecule has 0 aliphatic rings. The standard InChI is InChI=1S/C23H21Cl2N3O6S/c1-15-3-10-20(12-22(15)28(30)31)35(32,33)27(18-6-8-19(34-2)9-7-18)14-23(29)26-13-16-4-5-17(24)11-21(16)25/h3-12H,13-14H2,1-2H3,(H,26,29). The fourth-order valence-electron chi connectivity index (χ4n) is 3.18. The molecular formula is C23H21Cl2N3O6S. The Morgan fingerprint density at radius 3 is 2.37 bits per heavy atom. The molecule has 0 aromatic heterocycles. The second-order valence-electron chi connectivity index (χ2n) is 7.43. The van der Waals surface area contributed by atoms with E-state index in [0.717, 1.165) is 10.4 Å². The van der Waals surface area contributed by atoms with Gasteiger partial charge in [-0.15, -0.1) is 0 Å². The minimum Gasteiger partial charge on any atom is -0.497 e. The first-order valence-electron chi connectivity index (χ1n) is 10.2. The molecule has 0 radical (unpaired) electrons. The first-order chi connectivity index (χ1) is 16.5. The minimum atomic E-state index is -4.35. The molecule has 9 nitrogen and oxygen atoms in total. The van der Waals surface area contributed by atoms with Crippen molar-refractivity contribution in [2.75, 3.05) is 18.0 Å². The zero-order valence-corrected chi connectivity index (χ0v) is 21.0. The molecule has 3 rings (SSSR count). The minimum absolute atomic E-state index is 0.0430. The Morgan fingerprint density at radius 2 is 1.77 bits per heavy atom. The monoisotopic (exact) mass is 537 g/mol. The Balaban J connectivity index is 1.93. The number of carbonyl (C=O) groups excluding carboxylic acids is 1. The Morgan fingerprint density at radius 1 is 1.09 bits per heavy atom. The van der Waals surface area contributed by atoms with E-state index in [1.807, 2.05) is 0 Å². The normalized spacial score (nSPS) is 11.1. The molecule has 0 aliphatic carbocycles. The van der Waals surface area contributed by atoms with Gasteiger partial charge < -0.3 is 10.1 Å². The maximum absolute atomic E-state index is 13.5. The van der Waals surface area contributed by atoms with Crippen molar-refractivity contribution < 1.29 is 22.9 Å². The van der Waals surface area contributed by atoms with Crippen LogP contribution in [0.2, 0.25) is 10.0 Å². The zero-order valence-electron chi connectivity index (χ0n) is 18.7. The fourth-order valence-corrected chi connectivity index (χ4v) is 5.10. The van der Waals surface area contributed by atoms with Crippen LogP contribution in [0.1, 0.15) is 11.1 Å². The number of ether oxygens (including phenoxy) is 1. The number of amides is 1. The lowest BCUT2D eigenvalue weighted by atomic mass is 10.2. The zero-order chi connectivity index (χ0) is 25.8. The number of benzene rings is 3. The summed E-state index contributed by atoms with van der Waals surface area (Å²) in [5.74, 6) is -0.129. The maximum Gasteiger partial charge on any atom is 0.273 e. The number of nitro benzene ring substituents is 1. The molecule has 35 heavy (non-hydrogen) atoms. The van der Waals surface area contributed by atoms with Crippen LogP contribution in [0.4, 0.5) is 11.4 Å². The van der Waals surface area contributed by atoms with E-state index in [9.17, 15) is 23.3 Å². The van der Waals surface area contributed by atoms with E-state index in [1.165, 1.54) is 44.4 Å². The smallest absolute Gasteiger partial charge is 0.273 e. The van der Waals surface area contributed by atoms with Crippen LogP contribution in [0, 0.1) is 17.0 Å². The summed E-state index contributed by atoms with van der Waals surface area (Å²) >= 11 is 12.0. The number of sulfonamides is 1. The lowest BCUT2D eigenvalue weighted by molar-refractivity contribution is -0.385. The van der Waals surface area contributed by atoms with Crippen molar-refractivity contribution in [2.45, 2.75) is 18.4 Å². The Hall–Kier alpha value is -3.34. The highest BCUT2D eigenvalue weighted by Crippen LogP contribution is 2.29. The van der Waals surface area contributed by atoms with Crippen LogP contribution in [0.15, 0.2) is 65.6 Å². The van der Waals surface area contributed by atoms with Gasteiger partial charge in [0.25, 0.3) is 15.7 Å². The van der Waals surface area contributed by atoms with E-state index in [1.54, 1.807) is 24.3 Å². The maximum atomic E-state index is 13.5. The molecule has 184 valence electrons. The third-order valence-corrected chi connectivity index (χ3v) is 7.46. The third kappa shape index (κ3) is 6.21. The van der Waals surface area contributed by atoms with Crippen molar-refractivity contribution in [3.63, 3.8) is 0 Å². The van der Waals surface area contributed by atoms with Gasteiger partial charge >= 0.3 is 0 Å². The predicted molar refractivity (Wildman–Crippen MR) is 134 cm³/mol. The van der Waals surface area contributed by atoms with Gasteiger partial charge in [0.1, 0.15) is 12.3 Å². The van der Waals surface area contributed by atoms with Gasteiger partial charge in [0.05, 0.1) is 22.6 Å². The Kier molecular flexibility index (Phi) is 8.21. The summed E-state index contributed by atoms with van der Waals surface area (Å²) in [5.41, 5.74) is 0.733. The van der Waals surface area contributed by atoms with Gasteiger partial charge in [0.2, 0.25) is 5.91 Å². The van der Waals surface area contributed by atoms with E-state index < -0.39 is 27.4 Å². The van der Waals surface area contributed by atoms with Gasteiger partial charge in [0.15, 0.2) is 0 Å². The van der Waals surface area contributed by atoms with Crippen LogP contribution in [0.5, 0.6) is 5.75 Å². The largest absolute Gasteiger partial charge is 0.497 e. The number of rotatable bonds is 9. The molecule has 0 saturated heterocycles. The van der Waals surface area contributed by atoms with Crippen molar-refractivity contribution in [1.29, 1.82) is 0 Å². The summed E-state index contributed by atoms with van der Waals surface area (Å²) in [7, 11) is -2.89. The van der Waals surface area contributed by atoms with E-state index in [2.05, 4.69) is 5.32 Å². The van der Waals surface area contributed by atoms with E-state index in [0.29, 0.717) is 26.9 Å². The first-order valence-corrected chi connectivity index (χ1v) is 12.3. The molecule has 0 fully saturated rings. The molecule has 0 aliphatic heterocycles. The lowest BCUT2D eigenvalue weighted by Gasteiger charge is -2.24. The van der Waals surface area contributed by atoms with Crippen LogP contribution in [0.3, 0.4) is 0 Å².